The maximum absolute atomic E-state index is 12.4. The van der Waals surface area contributed by atoms with E-state index in [4.69, 9.17) is 0 Å². The van der Waals surface area contributed by atoms with Gasteiger partial charge in [-0.1, -0.05) is 18.7 Å². The molecule has 0 spiro atoms. The highest BCUT2D eigenvalue weighted by Gasteiger charge is 2.30. The first-order valence-electron chi connectivity index (χ1n) is 6.82. The highest BCUT2D eigenvalue weighted by Crippen LogP contribution is 2.23. The fourth-order valence-electron chi connectivity index (χ4n) is 2.66. The molecule has 5 nitrogen and oxygen atoms in total. The van der Waals surface area contributed by atoms with E-state index in [1.54, 1.807) is 11.8 Å². The van der Waals surface area contributed by atoms with E-state index in [-0.39, 0.29) is 24.3 Å². The first-order chi connectivity index (χ1) is 9.97. The minimum absolute atomic E-state index is 0.0515. The third-order valence-corrected chi connectivity index (χ3v) is 3.75. The van der Waals surface area contributed by atoms with Gasteiger partial charge in [-0.2, -0.15) is 0 Å². The first-order valence-corrected chi connectivity index (χ1v) is 6.82. The quantitative estimate of drug-likeness (QED) is 0.778. The van der Waals surface area contributed by atoms with Crippen LogP contribution in [0.15, 0.2) is 18.2 Å². The van der Waals surface area contributed by atoms with Crippen molar-refractivity contribution in [1.82, 2.24) is 5.32 Å². The summed E-state index contributed by atoms with van der Waals surface area (Å²) in [4.78, 5) is 35.7. The molecule has 21 heavy (non-hydrogen) atoms. The van der Waals surface area contributed by atoms with Crippen LogP contribution in [0.4, 0.5) is 5.69 Å². The van der Waals surface area contributed by atoms with Crippen molar-refractivity contribution in [2.75, 3.05) is 4.90 Å². The summed E-state index contributed by atoms with van der Waals surface area (Å²) in [5, 5.41) is 3.81. The van der Waals surface area contributed by atoms with Crippen molar-refractivity contribution >= 4 is 36.1 Å². The van der Waals surface area contributed by atoms with Gasteiger partial charge in [0.1, 0.15) is 0 Å². The Kier molecular flexibility index (Phi) is 4.21. The number of nitrogens with zero attached hydrogens (tertiary/aromatic N) is 1. The molecule has 0 saturated carbocycles. The predicted octanol–water partition coefficient (Wildman–Crippen LogP) is 0.0554. The van der Waals surface area contributed by atoms with Crippen molar-refractivity contribution in [3.63, 3.8) is 0 Å². The predicted molar refractivity (Wildman–Crippen MR) is 80.7 cm³/mol. The second-order valence-electron chi connectivity index (χ2n) is 5.18. The van der Waals surface area contributed by atoms with Crippen molar-refractivity contribution in [2.24, 2.45) is 0 Å². The van der Waals surface area contributed by atoms with Gasteiger partial charge in [0.2, 0.25) is 12.3 Å². The van der Waals surface area contributed by atoms with E-state index in [0.29, 0.717) is 18.4 Å². The molecule has 0 fully saturated rings. The van der Waals surface area contributed by atoms with Gasteiger partial charge in [0.25, 0.3) is 5.91 Å². The third kappa shape index (κ3) is 2.72. The van der Waals surface area contributed by atoms with Crippen LogP contribution >= 0.6 is 0 Å². The lowest BCUT2D eigenvalue weighted by molar-refractivity contribution is -0.125. The van der Waals surface area contributed by atoms with Crippen LogP contribution in [0.2, 0.25) is 0 Å². The molecule has 0 bridgehead atoms. The Labute approximate surface area is 122 Å². The largest absolute Gasteiger partial charge is 0.305 e. The Hall–Kier alpha value is -2.43. The fourth-order valence-corrected chi connectivity index (χ4v) is 2.66. The van der Waals surface area contributed by atoms with Gasteiger partial charge < -0.3 is 4.90 Å². The fraction of sp³-hybridized carbons (Fsp3) is 0.312. The van der Waals surface area contributed by atoms with Gasteiger partial charge >= 0.3 is 0 Å². The molecule has 0 saturated heterocycles. The lowest BCUT2D eigenvalue weighted by Gasteiger charge is -2.26. The number of nitrogens with one attached hydrogen (secondary N) is 1. The van der Waals surface area contributed by atoms with Crippen LogP contribution in [-0.4, -0.2) is 24.3 Å². The van der Waals surface area contributed by atoms with Crippen molar-refractivity contribution in [3.8, 4) is 0 Å². The average molecular weight is 286 g/mol. The monoisotopic (exact) mass is 286 g/mol. The Morgan fingerprint density at radius 2 is 2.19 bits per heavy atom. The van der Waals surface area contributed by atoms with Crippen LogP contribution in [0, 0.1) is 0 Å². The van der Waals surface area contributed by atoms with Crippen LogP contribution in [0.25, 0.3) is 12.2 Å². The molecular formula is C16H18N2O3. The molecule has 0 radical (unpaired) electrons. The van der Waals surface area contributed by atoms with E-state index in [1.807, 2.05) is 25.1 Å². The summed E-state index contributed by atoms with van der Waals surface area (Å²) in [5.74, 6) is -0.389. The van der Waals surface area contributed by atoms with Gasteiger partial charge in [0, 0.05) is 23.3 Å². The van der Waals surface area contributed by atoms with Crippen LogP contribution in [0.5, 0.6) is 0 Å². The summed E-state index contributed by atoms with van der Waals surface area (Å²) < 4.78 is 0. The zero-order chi connectivity index (χ0) is 15.6. The highest BCUT2D eigenvalue weighted by molar-refractivity contribution is 6.24. The number of anilines is 1. The lowest BCUT2D eigenvalue weighted by atomic mass is 10.1. The van der Waals surface area contributed by atoms with Crippen molar-refractivity contribution in [2.45, 2.75) is 32.7 Å². The minimum Gasteiger partial charge on any atom is -0.305 e. The summed E-state index contributed by atoms with van der Waals surface area (Å²) in [7, 11) is 0. The van der Waals surface area contributed by atoms with Gasteiger partial charge in [-0.3, -0.25) is 19.7 Å². The maximum Gasteiger partial charge on any atom is 0.254 e. The molecule has 1 aliphatic rings. The van der Waals surface area contributed by atoms with E-state index >= 15 is 0 Å². The van der Waals surface area contributed by atoms with Crippen molar-refractivity contribution in [3.05, 3.63) is 28.6 Å². The van der Waals surface area contributed by atoms with Gasteiger partial charge in [0.15, 0.2) is 0 Å². The summed E-state index contributed by atoms with van der Waals surface area (Å²) >= 11 is 0. The Balaban J connectivity index is 2.23. The highest BCUT2D eigenvalue weighted by atomic mass is 16.2. The Morgan fingerprint density at radius 1 is 1.48 bits per heavy atom. The van der Waals surface area contributed by atoms with E-state index in [9.17, 15) is 14.4 Å². The number of carbonyl (C=O) groups excluding carboxylic acids is 3. The summed E-state index contributed by atoms with van der Waals surface area (Å²) in [6, 6.07) is 5.50. The molecule has 1 unspecified atom stereocenters. The number of rotatable bonds is 5. The number of carbonyl (C=O) groups is 3. The second kappa shape index (κ2) is 5.91. The molecule has 1 atom stereocenters. The Morgan fingerprint density at radius 3 is 2.86 bits per heavy atom. The number of benzene rings is 1. The number of imide groups is 1. The van der Waals surface area contributed by atoms with Crippen LogP contribution in [-0.2, 0) is 14.4 Å². The molecule has 1 aromatic carbocycles. The third-order valence-electron chi connectivity index (χ3n) is 3.75. The molecule has 1 heterocycles. The first kappa shape index (κ1) is 15.0. The van der Waals surface area contributed by atoms with E-state index in [0.717, 1.165) is 16.1 Å². The van der Waals surface area contributed by atoms with Gasteiger partial charge in [-0.15, -0.1) is 0 Å². The summed E-state index contributed by atoms with van der Waals surface area (Å²) in [5.41, 5.74) is 1.52. The zero-order valence-electron chi connectivity index (χ0n) is 12.2. The smallest absolute Gasteiger partial charge is 0.254 e. The number of amides is 3. The van der Waals surface area contributed by atoms with Gasteiger partial charge in [0.05, 0.1) is 5.69 Å². The number of hydrogen-bond donors (Lipinski definition) is 1. The van der Waals surface area contributed by atoms with E-state index < -0.39 is 0 Å². The summed E-state index contributed by atoms with van der Waals surface area (Å²) in [6.45, 7) is 7.65. The molecule has 1 aliphatic heterocycles. The minimum atomic E-state index is -0.338. The lowest BCUT2D eigenvalue weighted by Crippen LogP contribution is -2.38. The molecular weight excluding hydrogens is 268 g/mol. The number of fused-ring (bicyclic) bond motifs is 1. The molecule has 1 aromatic rings. The van der Waals surface area contributed by atoms with Gasteiger partial charge in [-0.05, 0) is 31.6 Å². The van der Waals surface area contributed by atoms with Gasteiger partial charge in [-0.25, -0.2) is 0 Å². The Bertz CT molecular complexity index is 709. The van der Waals surface area contributed by atoms with E-state index in [2.05, 4.69) is 11.9 Å². The second-order valence-corrected chi connectivity index (χ2v) is 5.18. The SMILES string of the molecule is C=c1cccc2c1=C(C)C(=O)N2C(C)CCC(=O)NC=O. The molecule has 5 heteroatoms. The van der Waals surface area contributed by atoms with Crippen molar-refractivity contribution < 1.29 is 14.4 Å². The normalized spacial score (nSPS) is 14.9. The summed E-state index contributed by atoms with van der Waals surface area (Å²) in [6.07, 6.45) is 1.05. The molecule has 0 aromatic heterocycles. The van der Waals surface area contributed by atoms with Crippen LogP contribution in [0.3, 0.4) is 0 Å². The van der Waals surface area contributed by atoms with Crippen LogP contribution < -0.4 is 20.7 Å². The number of hydrogen-bond acceptors (Lipinski definition) is 3. The maximum atomic E-state index is 12.4. The topological polar surface area (TPSA) is 66.5 Å². The van der Waals surface area contributed by atoms with Crippen LogP contribution in [0.1, 0.15) is 26.7 Å². The standard InChI is InChI=1S/C16H18N2O3/c1-10-5-4-6-13-15(10)12(3)16(21)18(13)11(2)7-8-14(20)17-9-19/h4-6,9,11H,1,7-8H2,2-3H3,(H,17,19,20). The molecule has 2 rings (SSSR count). The molecule has 110 valence electrons. The zero-order valence-corrected chi connectivity index (χ0v) is 12.2. The molecule has 3 amide bonds. The van der Waals surface area contributed by atoms with Crippen molar-refractivity contribution in [1.29, 1.82) is 0 Å². The molecule has 1 N–H and O–H groups in total. The van der Waals surface area contributed by atoms with E-state index in [1.165, 1.54) is 0 Å². The molecule has 0 aliphatic carbocycles. The average Bonchev–Trinajstić information content (AvgIpc) is 2.70.